The van der Waals surface area contributed by atoms with Crippen LogP contribution in [0.1, 0.15) is 245 Å². The maximum atomic E-state index is 12.6. The van der Waals surface area contributed by atoms with Crippen LogP contribution in [-0.2, 0) is 14.9 Å². The van der Waals surface area contributed by atoms with Crippen molar-refractivity contribution in [2.45, 2.75) is 263 Å². The Balaban J connectivity index is 3.95. The minimum Gasteiger partial charge on any atom is -0.387 e. The van der Waals surface area contributed by atoms with Gasteiger partial charge in [0.2, 0.25) is 5.91 Å². The Labute approximate surface area is 341 Å². The lowest BCUT2D eigenvalue weighted by atomic mass is 10.0. The molecule has 0 rings (SSSR count). The molecule has 55 heavy (non-hydrogen) atoms. The van der Waals surface area contributed by atoms with Crippen molar-refractivity contribution in [3.8, 4) is 0 Å². The molecule has 0 saturated heterocycles. The van der Waals surface area contributed by atoms with Crippen LogP contribution in [0.3, 0.4) is 0 Å². The van der Waals surface area contributed by atoms with Crippen LogP contribution in [-0.4, -0.2) is 53.1 Å². The molecule has 3 atom stereocenters. The molecule has 7 nitrogen and oxygen atoms in total. The van der Waals surface area contributed by atoms with Crippen LogP contribution in [0, 0.1) is 0 Å². The molecule has 0 fully saturated rings. The summed E-state index contributed by atoms with van der Waals surface area (Å²) in [5, 5.41) is 23.5. The van der Waals surface area contributed by atoms with E-state index in [0.717, 1.165) is 44.9 Å². The van der Waals surface area contributed by atoms with Gasteiger partial charge in [-0.15, -0.1) is 0 Å². The number of carbonyl (C=O) groups is 1. The number of aliphatic hydroxyl groups is 2. The van der Waals surface area contributed by atoms with Crippen LogP contribution >= 0.6 is 0 Å². The SMILES string of the molecule is CCCCCCCCCCCC/C=C\CCCCCCCCC(O)C(=O)NC(CS(=O)(=O)O)C(O)/C=C/CCCCCCCCCCCCCCCCCC. The summed E-state index contributed by atoms with van der Waals surface area (Å²) in [4.78, 5) is 12.6. The van der Waals surface area contributed by atoms with Crippen LogP contribution in [0.2, 0.25) is 0 Å². The van der Waals surface area contributed by atoms with Gasteiger partial charge in [-0.25, -0.2) is 0 Å². The van der Waals surface area contributed by atoms with Gasteiger partial charge >= 0.3 is 0 Å². The van der Waals surface area contributed by atoms with Crippen molar-refractivity contribution in [2.24, 2.45) is 0 Å². The number of hydrogen-bond acceptors (Lipinski definition) is 5. The number of aliphatic hydroxyl groups excluding tert-OH is 2. The normalized spacial score (nSPS) is 13.9. The fourth-order valence-corrected chi connectivity index (χ4v) is 8.07. The first kappa shape index (κ1) is 53.8. The average Bonchev–Trinajstić information content (AvgIpc) is 3.15. The second kappa shape index (κ2) is 41.0. The minimum absolute atomic E-state index is 0.275. The van der Waals surface area contributed by atoms with Crippen molar-refractivity contribution in [3.05, 3.63) is 24.3 Å². The Hall–Kier alpha value is -1.22. The Morgan fingerprint density at radius 3 is 1.15 bits per heavy atom. The Morgan fingerprint density at radius 1 is 0.491 bits per heavy atom. The standard InChI is InChI=1S/C47H91NO6S/c1-3-5-7-9-11-13-15-17-19-21-23-24-26-28-30-32-34-36-38-40-42-46(50)47(51)48-44(43-55(52,53)54)45(49)41-39-37-35-33-31-29-27-25-22-20-18-16-14-12-10-8-6-4-2/h24,26,39,41,44-46,49-50H,3-23,25,27-38,40,42-43H2,1-2H3,(H,48,51)(H,52,53,54)/b26-24-,41-39+. The van der Waals surface area contributed by atoms with Gasteiger partial charge in [-0.05, 0) is 44.9 Å². The molecule has 326 valence electrons. The molecule has 8 heteroatoms. The summed E-state index contributed by atoms with van der Waals surface area (Å²) >= 11 is 0. The summed E-state index contributed by atoms with van der Waals surface area (Å²) in [5.74, 6) is -1.53. The zero-order valence-electron chi connectivity index (χ0n) is 36.2. The third-order valence-corrected chi connectivity index (χ3v) is 11.8. The number of amides is 1. The van der Waals surface area contributed by atoms with Crippen molar-refractivity contribution in [1.82, 2.24) is 5.32 Å². The zero-order valence-corrected chi connectivity index (χ0v) is 37.0. The summed E-state index contributed by atoms with van der Waals surface area (Å²) in [6.45, 7) is 4.53. The highest BCUT2D eigenvalue weighted by molar-refractivity contribution is 7.85. The molecule has 0 aliphatic carbocycles. The average molecular weight is 798 g/mol. The van der Waals surface area contributed by atoms with Crippen LogP contribution < -0.4 is 5.32 Å². The molecule has 0 heterocycles. The van der Waals surface area contributed by atoms with E-state index in [9.17, 15) is 28.0 Å². The fourth-order valence-electron chi connectivity index (χ4n) is 7.33. The summed E-state index contributed by atoms with van der Waals surface area (Å²) in [6.07, 6.45) is 49.5. The van der Waals surface area contributed by atoms with E-state index < -0.39 is 40.0 Å². The lowest BCUT2D eigenvalue weighted by Gasteiger charge is -2.22. The largest absolute Gasteiger partial charge is 0.387 e. The third-order valence-electron chi connectivity index (χ3n) is 11.0. The topological polar surface area (TPSA) is 124 Å². The van der Waals surface area contributed by atoms with Crippen molar-refractivity contribution in [2.75, 3.05) is 5.75 Å². The molecule has 0 aliphatic rings. The molecule has 0 aromatic carbocycles. The molecule has 0 aromatic rings. The van der Waals surface area contributed by atoms with E-state index in [0.29, 0.717) is 6.42 Å². The maximum Gasteiger partial charge on any atom is 0.267 e. The van der Waals surface area contributed by atoms with Gasteiger partial charge in [0.25, 0.3) is 10.1 Å². The number of rotatable bonds is 43. The summed E-state index contributed by atoms with van der Waals surface area (Å²) in [5.41, 5.74) is 0. The lowest BCUT2D eigenvalue weighted by molar-refractivity contribution is -0.130. The summed E-state index contributed by atoms with van der Waals surface area (Å²) in [7, 11) is -4.44. The Bertz CT molecular complexity index is 984. The fraction of sp³-hybridized carbons (Fsp3) is 0.894. The van der Waals surface area contributed by atoms with E-state index in [1.54, 1.807) is 0 Å². The zero-order chi connectivity index (χ0) is 40.5. The van der Waals surface area contributed by atoms with Crippen molar-refractivity contribution < 1.29 is 28.0 Å². The molecule has 0 aliphatic heterocycles. The molecule has 3 unspecified atom stereocenters. The molecule has 0 radical (unpaired) electrons. The summed E-state index contributed by atoms with van der Waals surface area (Å²) < 4.78 is 32.6. The van der Waals surface area contributed by atoms with E-state index in [1.165, 1.54) is 179 Å². The molecule has 0 saturated carbocycles. The Kier molecular flexibility index (Phi) is 40.0. The van der Waals surface area contributed by atoms with Gasteiger partial charge in [-0.1, -0.05) is 224 Å². The third kappa shape index (κ3) is 40.8. The smallest absolute Gasteiger partial charge is 0.267 e. The van der Waals surface area contributed by atoms with E-state index >= 15 is 0 Å². The maximum absolute atomic E-state index is 12.6. The molecule has 0 bridgehead atoms. The van der Waals surface area contributed by atoms with Crippen molar-refractivity contribution in [3.63, 3.8) is 0 Å². The highest BCUT2D eigenvalue weighted by Crippen LogP contribution is 2.16. The second-order valence-electron chi connectivity index (χ2n) is 16.5. The van der Waals surface area contributed by atoms with Gasteiger partial charge in [0.05, 0.1) is 17.9 Å². The highest BCUT2D eigenvalue weighted by Gasteiger charge is 2.27. The number of allylic oxidation sites excluding steroid dienone is 3. The van der Waals surface area contributed by atoms with Gasteiger partial charge < -0.3 is 15.5 Å². The number of carbonyl (C=O) groups excluding carboxylic acids is 1. The molecule has 4 N–H and O–H groups in total. The molecule has 0 spiro atoms. The van der Waals surface area contributed by atoms with Gasteiger partial charge in [-0.3, -0.25) is 9.35 Å². The van der Waals surface area contributed by atoms with Gasteiger partial charge in [-0.2, -0.15) is 8.42 Å². The molecule has 1 amide bonds. The van der Waals surface area contributed by atoms with Gasteiger partial charge in [0.15, 0.2) is 0 Å². The number of nitrogens with one attached hydrogen (secondary N) is 1. The van der Waals surface area contributed by atoms with E-state index in [2.05, 4.69) is 31.3 Å². The first-order valence-corrected chi connectivity index (χ1v) is 25.3. The quantitative estimate of drug-likeness (QED) is 0.0277. The van der Waals surface area contributed by atoms with Crippen LogP contribution in [0.25, 0.3) is 0 Å². The van der Waals surface area contributed by atoms with Crippen LogP contribution in [0.4, 0.5) is 0 Å². The van der Waals surface area contributed by atoms with Crippen LogP contribution in [0.15, 0.2) is 24.3 Å². The second-order valence-corrected chi connectivity index (χ2v) is 18.0. The predicted molar refractivity (Wildman–Crippen MR) is 236 cm³/mol. The molecular weight excluding hydrogens is 707 g/mol. The van der Waals surface area contributed by atoms with Crippen molar-refractivity contribution in [1.29, 1.82) is 0 Å². The first-order valence-electron chi connectivity index (χ1n) is 23.6. The highest BCUT2D eigenvalue weighted by atomic mass is 32.2. The van der Waals surface area contributed by atoms with Gasteiger partial charge in [0.1, 0.15) is 6.10 Å². The monoisotopic (exact) mass is 798 g/mol. The predicted octanol–water partition coefficient (Wildman–Crippen LogP) is 13.3. The molecule has 0 aromatic heterocycles. The summed E-state index contributed by atoms with van der Waals surface area (Å²) in [6, 6.07) is -1.23. The first-order chi connectivity index (χ1) is 26.7. The van der Waals surface area contributed by atoms with Crippen LogP contribution in [0.5, 0.6) is 0 Å². The molecular formula is C47H91NO6S. The lowest BCUT2D eigenvalue weighted by Crippen LogP contribution is -2.50. The van der Waals surface area contributed by atoms with E-state index in [4.69, 9.17) is 0 Å². The number of unbranched alkanes of at least 4 members (excludes halogenated alkanes) is 32. The Morgan fingerprint density at radius 2 is 0.800 bits per heavy atom. The number of hydrogen-bond donors (Lipinski definition) is 4. The van der Waals surface area contributed by atoms with E-state index in [1.807, 2.05) is 6.08 Å². The van der Waals surface area contributed by atoms with Gasteiger partial charge in [0, 0.05) is 0 Å². The minimum atomic E-state index is -4.44. The van der Waals surface area contributed by atoms with Crippen molar-refractivity contribution >= 4 is 16.0 Å². The van der Waals surface area contributed by atoms with E-state index in [-0.39, 0.29) is 6.42 Å².